The lowest BCUT2D eigenvalue weighted by molar-refractivity contribution is -0.144. The SMILES string of the molecule is COC(=O)[C@@H](NC(=O)N1CCc2[nH]cnc2[C@H]1c1ccccn1)C(C)C. The summed E-state index contributed by atoms with van der Waals surface area (Å²) in [6, 6.07) is 4.13. The minimum Gasteiger partial charge on any atom is -0.467 e. The summed E-state index contributed by atoms with van der Waals surface area (Å²) in [7, 11) is 1.32. The molecule has 0 radical (unpaired) electrons. The van der Waals surface area contributed by atoms with Crippen LogP contribution >= 0.6 is 0 Å². The number of methoxy groups -OCH3 is 1. The average molecular weight is 357 g/mol. The molecule has 0 bridgehead atoms. The van der Waals surface area contributed by atoms with Crippen LogP contribution < -0.4 is 5.32 Å². The lowest BCUT2D eigenvalue weighted by atomic mass is 9.99. The predicted octanol–water partition coefficient (Wildman–Crippen LogP) is 1.66. The molecule has 8 nitrogen and oxygen atoms in total. The van der Waals surface area contributed by atoms with Crippen LogP contribution in [0, 0.1) is 5.92 Å². The van der Waals surface area contributed by atoms with E-state index in [2.05, 4.69) is 20.3 Å². The highest BCUT2D eigenvalue weighted by molar-refractivity contribution is 5.84. The lowest BCUT2D eigenvalue weighted by Crippen LogP contribution is -2.53. The molecule has 0 aliphatic carbocycles. The van der Waals surface area contributed by atoms with Crippen LogP contribution in [0.15, 0.2) is 30.7 Å². The molecule has 3 rings (SSSR count). The summed E-state index contributed by atoms with van der Waals surface area (Å²) >= 11 is 0. The van der Waals surface area contributed by atoms with Crippen LogP contribution in [0.5, 0.6) is 0 Å². The number of imidazole rings is 1. The van der Waals surface area contributed by atoms with Crippen LogP contribution in [0.4, 0.5) is 4.79 Å². The Hall–Kier alpha value is -2.90. The molecule has 2 aromatic rings. The molecule has 138 valence electrons. The first-order valence-corrected chi connectivity index (χ1v) is 8.61. The number of amides is 2. The van der Waals surface area contributed by atoms with Gasteiger partial charge in [0.2, 0.25) is 0 Å². The van der Waals surface area contributed by atoms with Crippen molar-refractivity contribution in [1.82, 2.24) is 25.2 Å². The zero-order valence-electron chi connectivity index (χ0n) is 15.1. The number of nitrogens with zero attached hydrogens (tertiary/aromatic N) is 3. The fraction of sp³-hybridized carbons (Fsp3) is 0.444. The summed E-state index contributed by atoms with van der Waals surface area (Å²) in [6.07, 6.45) is 3.99. The molecule has 0 unspecified atom stereocenters. The van der Waals surface area contributed by atoms with Crippen LogP contribution in [-0.4, -0.2) is 51.5 Å². The van der Waals surface area contributed by atoms with E-state index in [1.165, 1.54) is 7.11 Å². The van der Waals surface area contributed by atoms with Crippen molar-refractivity contribution in [2.75, 3.05) is 13.7 Å². The molecule has 0 spiro atoms. The van der Waals surface area contributed by atoms with Gasteiger partial charge in [-0.3, -0.25) is 4.98 Å². The molecule has 26 heavy (non-hydrogen) atoms. The third-order valence-electron chi connectivity index (χ3n) is 4.55. The summed E-state index contributed by atoms with van der Waals surface area (Å²) in [5.41, 5.74) is 2.51. The first-order chi connectivity index (χ1) is 12.5. The maximum Gasteiger partial charge on any atom is 0.328 e. The van der Waals surface area contributed by atoms with Gasteiger partial charge in [-0.15, -0.1) is 0 Å². The molecule has 0 fully saturated rings. The van der Waals surface area contributed by atoms with E-state index in [-0.39, 0.29) is 11.9 Å². The Labute approximate surface area is 152 Å². The molecule has 1 aliphatic rings. The second-order valence-electron chi connectivity index (χ2n) is 6.56. The number of carbonyl (C=O) groups is 2. The summed E-state index contributed by atoms with van der Waals surface area (Å²) in [6.45, 7) is 4.22. The maximum atomic E-state index is 13.0. The van der Waals surface area contributed by atoms with Crippen LogP contribution in [0.1, 0.15) is 37.0 Å². The number of nitrogens with one attached hydrogen (secondary N) is 2. The monoisotopic (exact) mass is 357 g/mol. The first kappa shape index (κ1) is 17.9. The molecule has 3 heterocycles. The molecule has 0 saturated heterocycles. The van der Waals surface area contributed by atoms with Gasteiger partial charge in [0.05, 0.1) is 24.8 Å². The van der Waals surface area contributed by atoms with Crippen molar-refractivity contribution in [2.24, 2.45) is 5.92 Å². The molecule has 2 atom stereocenters. The van der Waals surface area contributed by atoms with Gasteiger partial charge in [-0.1, -0.05) is 19.9 Å². The quantitative estimate of drug-likeness (QED) is 0.811. The standard InChI is InChI=1S/C18H23N5O3/c1-11(2)14(17(24)26-3)22-18(25)23-9-7-12-15(21-10-20-12)16(23)13-6-4-5-8-19-13/h4-6,8,10-11,14,16H,7,9H2,1-3H3,(H,20,21)(H,22,25)/t14-,16+/m0/s1. The molecule has 2 amide bonds. The Morgan fingerprint density at radius 1 is 1.35 bits per heavy atom. The number of hydrogen-bond donors (Lipinski definition) is 2. The van der Waals surface area contributed by atoms with Crippen molar-refractivity contribution in [3.8, 4) is 0 Å². The second kappa shape index (κ2) is 7.55. The highest BCUT2D eigenvalue weighted by Crippen LogP contribution is 2.32. The fourth-order valence-electron chi connectivity index (χ4n) is 3.17. The van der Waals surface area contributed by atoms with Gasteiger partial charge >= 0.3 is 12.0 Å². The van der Waals surface area contributed by atoms with E-state index >= 15 is 0 Å². The number of H-pyrrole nitrogens is 1. The fourth-order valence-corrected chi connectivity index (χ4v) is 3.17. The molecule has 2 N–H and O–H groups in total. The molecular formula is C18H23N5O3. The van der Waals surface area contributed by atoms with Crippen molar-refractivity contribution in [1.29, 1.82) is 0 Å². The summed E-state index contributed by atoms with van der Waals surface area (Å²) in [5.74, 6) is -0.550. The Kier molecular flexibility index (Phi) is 5.20. The van der Waals surface area contributed by atoms with E-state index in [9.17, 15) is 9.59 Å². The number of esters is 1. The lowest BCUT2D eigenvalue weighted by Gasteiger charge is -2.35. The number of hydrogen-bond acceptors (Lipinski definition) is 5. The largest absolute Gasteiger partial charge is 0.467 e. The normalized spacial score (nSPS) is 17.5. The highest BCUT2D eigenvalue weighted by atomic mass is 16.5. The van der Waals surface area contributed by atoms with Crippen LogP contribution in [-0.2, 0) is 16.0 Å². The van der Waals surface area contributed by atoms with Gasteiger partial charge in [0.1, 0.15) is 12.1 Å². The zero-order valence-corrected chi connectivity index (χ0v) is 15.1. The number of urea groups is 1. The van der Waals surface area contributed by atoms with Crippen LogP contribution in [0.25, 0.3) is 0 Å². The van der Waals surface area contributed by atoms with Gasteiger partial charge in [0, 0.05) is 24.9 Å². The van der Waals surface area contributed by atoms with E-state index in [1.54, 1.807) is 17.4 Å². The Morgan fingerprint density at radius 3 is 2.81 bits per heavy atom. The molecule has 0 aromatic carbocycles. The summed E-state index contributed by atoms with van der Waals surface area (Å²) < 4.78 is 4.82. The first-order valence-electron chi connectivity index (χ1n) is 8.61. The van der Waals surface area contributed by atoms with Gasteiger partial charge in [-0.05, 0) is 18.1 Å². The number of aromatic amines is 1. The van der Waals surface area contributed by atoms with Gasteiger partial charge in [0.25, 0.3) is 0 Å². The number of pyridine rings is 1. The van der Waals surface area contributed by atoms with E-state index in [0.29, 0.717) is 13.0 Å². The van der Waals surface area contributed by atoms with Gasteiger partial charge < -0.3 is 19.9 Å². The van der Waals surface area contributed by atoms with Gasteiger partial charge in [-0.2, -0.15) is 0 Å². The van der Waals surface area contributed by atoms with E-state index < -0.39 is 18.1 Å². The Morgan fingerprint density at radius 2 is 2.15 bits per heavy atom. The molecular weight excluding hydrogens is 334 g/mol. The smallest absolute Gasteiger partial charge is 0.328 e. The van der Waals surface area contributed by atoms with Crippen molar-refractivity contribution in [3.05, 3.63) is 47.8 Å². The van der Waals surface area contributed by atoms with E-state index in [0.717, 1.165) is 17.1 Å². The Bertz CT molecular complexity index is 774. The van der Waals surface area contributed by atoms with Crippen molar-refractivity contribution in [3.63, 3.8) is 0 Å². The average Bonchev–Trinajstić information content (AvgIpc) is 3.13. The Balaban J connectivity index is 1.90. The molecule has 2 aromatic heterocycles. The van der Waals surface area contributed by atoms with Crippen LogP contribution in [0.2, 0.25) is 0 Å². The topological polar surface area (TPSA) is 100 Å². The van der Waals surface area contributed by atoms with E-state index in [1.807, 2.05) is 32.0 Å². The number of carbonyl (C=O) groups excluding carboxylic acids is 2. The molecule has 0 saturated carbocycles. The second-order valence-corrected chi connectivity index (χ2v) is 6.56. The molecule has 1 aliphatic heterocycles. The predicted molar refractivity (Wildman–Crippen MR) is 94.3 cm³/mol. The van der Waals surface area contributed by atoms with Crippen molar-refractivity contribution >= 4 is 12.0 Å². The van der Waals surface area contributed by atoms with Crippen molar-refractivity contribution < 1.29 is 14.3 Å². The van der Waals surface area contributed by atoms with Gasteiger partial charge in [0.15, 0.2) is 0 Å². The maximum absolute atomic E-state index is 13.0. The number of rotatable bonds is 4. The number of ether oxygens (including phenoxy) is 1. The zero-order chi connectivity index (χ0) is 18.7. The number of aromatic nitrogens is 3. The van der Waals surface area contributed by atoms with Crippen LogP contribution in [0.3, 0.4) is 0 Å². The minimum absolute atomic E-state index is 0.0922. The third-order valence-corrected chi connectivity index (χ3v) is 4.55. The van der Waals surface area contributed by atoms with Crippen molar-refractivity contribution in [2.45, 2.75) is 32.4 Å². The van der Waals surface area contributed by atoms with Gasteiger partial charge in [-0.25, -0.2) is 14.6 Å². The molecule has 8 heteroatoms. The minimum atomic E-state index is -0.711. The van der Waals surface area contributed by atoms with E-state index in [4.69, 9.17) is 4.74 Å². The number of fused-ring (bicyclic) bond motifs is 1. The summed E-state index contributed by atoms with van der Waals surface area (Å²) in [4.78, 5) is 38.6. The highest BCUT2D eigenvalue weighted by Gasteiger charge is 2.36. The summed E-state index contributed by atoms with van der Waals surface area (Å²) in [5, 5.41) is 2.81. The third kappa shape index (κ3) is 3.40.